The first-order valence-corrected chi connectivity index (χ1v) is 11.8. The Morgan fingerprint density at radius 3 is 2.77 bits per heavy atom. The van der Waals surface area contributed by atoms with Crippen LogP contribution >= 0.6 is 0 Å². The maximum atomic E-state index is 9.93. The van der Waals surface area contributed by atoms with Crippen LogP contribution in [0.5, 0.6) is 0 Å². The lowest BCUT2D eigenvalue weighted by Gasteiger charge is -2.23. The molecule has 0 radical (unpaired) electrons. The van der Waals surface area contributed by atoms with Crippen LogP contribution in [0.2, 0.25) is 0 Å². The van der Waals surface area contributed by atoms with Gasteiger partial charge in [0.05, 0.1) is 17.1 Å². The van der Waals surface area contributed by atoms with Gasteiger partial charge in [-0.1, -0.05) is 30.3 Å². The second kappa shape index (κ2) is 8.64. The number of imidazole rings is 1. The molecule has 2 aromatic carbocycles. The van der Waals surface area contributed by atoms with E-state index in [0.717, 1.165) is 49.5 Å². The number of nitrogens with one attached hydrogen (secondary N) is 2. The van der Waals surface area contributed by atoms with Crippen molar-refractivity contribution >= 4 is 16.7 Å². The van der Waals surface area contributed by atoms with Crippen LogP contribution in [0.15, 0.2) is 42.5 Å². The van der Waals surface area contributed by atoms with Gasteiger partial charge in [0.15, 0.2) is 0 Å². The second-order valence-corrected chi connectivity index (χ2v) is 9.38. The van der Waals surface area contributed by atoms with Gasteiger partial charge in [0.1, 0.15) is 5.82 Å². The van der Waals surface area contributed by atoms with Crippen LogP contribution in [0, 0.1) is 11.8 Å². The fraction of sp³-hybridized carbons (Fsp3) is 0.500. The first-order chi connectivity index (χ1) is 15.2. The molecule has 1 aliphatic carbocycles. The van der Waals surface area contributed by atoms with Crippen molar-refractivity contribution in [3.63, 3.8) is 0 Å². The van der Waals surface area contributed by atoms with Crippen LogP contribution in [0.4, 0.5) is 5.69 Å². The van der Waals surface area contributed by atoms with Crippen molar-refractivity contribution in [1.29, 1.82) is 0 Å². The van der Waals surface area contributed by atoms with E-state index in [1.54, 1.807) is 0 Å². The van der Waals surface area contributed by atoms with Gasteiger partial charge >= 0.3 is 0 Å². The van der Waals surface area contributed by atoms with Gasteiger partial charge in [-0.3, -0.25) is 0 Å². The van der Waals surface area contributed by atoms with Crippen molar-refractivity contribution in [3.05, 3.63) is 59.4 Å². The van der Waals surface area contributed by atoms with Gasteiger partial charge < -0.3 is 20.3 Å². The number of aromatic nitrogens is 2. The third kappa shape index (κ3) is 3.85. The number of aliphatic hydroxyl groups is 1. The molecule has 2 heterocycles. The SMILES string of the molecule is CNc1ccc2c(nc(Cc3ccccc3)n2C2CCC3CNCC32)c1CCC(C)O. The molecule has 1 aliphatic heterocycles. The quantitative estimate of drug-likeness (QED) is 0.539. The van der Waals surface area contributed by atoms with E-state index >= 15 is 0 Å². The molecule has 4 atom stereocenters. The monoisotopic (exact) mass is 418 g/mol. The van der Waals surface area contributed by atoms with E-state index < -0.39 is 0 Å². The molecule has 31 heavy (non-hydrogen) atoms. The molecule has 164 valence electrons. The van der Waals surface area contributed by atoms with Crippen LogP contribution < -0.4 is 10.6 Å². The number of aliphatic hydroxyl groups excluding tert-OH is 1. The zero-order valence-corrected chi connectivity index (χ0v) is 18.6. The molecule has 1 saturated heterocycles. The van der Waals surface area contributed by atoms with Gasteiger partial charge in [0.25, 0.3) is 0 Å². The number of nitrogens with zero attached hydrogens (tertiary/aromatic N) is 2. The van der Waals surface area contributed by atoms with Crippen molar-refractivity contribution < 1.29 is 5.11 Å². The molecule has 0 bridgehead atoms. The molecule has 5 nitrogen and oxygen atoms in total. The van der Waals surface area contributed by atoms with Crippen LogP contribution in [0.25, 0.3) is 11.0 Å². The average Bonchev–Trinajstić information content (AvgIpc) is 3.47. The topological polar surface area (TPSA) is 62.1 Å². The molecule has 2 aliphatic rings. The Bertz CT molecular complexity index is 1040. The predicted molar refractivity (Wildman–Crippen MR) is 127 cm³/mol. The summed E-state index contributed by atoms with van der Waals surface area (Å²) < 4.78 is 2.57. The number of aryl methyl sites for hydroxylation is 1. The summed E-state index contributed by atoms with van der Waals surface area (Å²) in [5.74, 6) is 2.65. The van der Waals surface area contributed by atoms with E-state index in [0.29, 0.717) is 12.0 Å². The number of hydrogen-bond donors (Lipinski definition) is 3. The van der Waals surface area contributed by atoms with Gasteiger partial charge in [0, 0.05) is 37.3 Å². The Morgan fingerprint density at radius 1 is 1.16 bits per heavy atom. The number of anilines is 1. The Kier molecular flexibility index (Phi) is 5.72. The molecule has 5 rings (SSSR count). The first kappa shape index (κ1) is 20.5. The summed E-state index contributed by atoms with van der Waals surface area (Å²) in [4.78, 5) is 5.27. The zero-order valence-electron chi connectivity index (χ0n) is 18.6. The minimum absolute atomic E-state index is 0.314. The molecular formula is C26H34N4O. The standard InChI is InChI=1S/C26H34N4O/c1-17(31)8-10-20-22(27-2)11-13-24-26(20)29-25(14-18-6-4-3-5-7-18)30(24)23-12-9-19-15-28-16-21(19)23/h3-7,11,13,17,19,21,23,27-28,31H,8-10,12,14-16H2,1-2H3. The summed E-state index contributed by atoms with van der Waals surface area (Å²) in [5.41, 5.74) is 6.01. The minimum Gasteiger partial charge on any atom is -0.393 e. The lowest BCUT2D eigenvalue weighted by atomic mass is 9.97. The fourth-order valence-electron chi connectivity index (χ4n) is 5.82. The molecule has 3 aromatic rings. The van der Waals surface area contributed by atoms with Crippen LogP contribution in [-0.4, -0.2) is 40.9 Å². The summed E-state index contributed by atoms with van der Waals surface area (Å²) in [6.07, 6.45) is 4.64. The highest BCUT2D eigenvalue weighted by Crippen LogP contribution is 2.45. The minimum atomic E-state index is -0.314. The van der Waals surface area contributed by atoms with E-state index in [-0.39, 0.29) is 6.10 Å². The zero-order chi connectivity index (χ0) is 21.4. The van der Waals surface area contributed by atoms with Crippen molar-refractivity contribution in [2.24, 2.45) is 11.8 Å². The van der Waals surface area contributed by atoms with E-state index in [1.165, 1.54) is 35.3 Å². The highest BCUT2D eigenvalue weighted by atomic mass is 16.3. The molecule has 2 fully saturated rings. The fourth-order valence-corrected chi connectivity index (χ4v) is 5.82. The summed E-state index contributed by atoms with van der Waals surface area (Å²) in [7, 11) is 1.97. The van der Waals surface area contributed by atoms with E-state index in [1.807, 2.05) is 14.0 Å². The maximum Gasteiger partial charge on any atom is 0.114 e. The molecule has 3 N–H and O–H groups in total. The number of rotatable bonds is 7. The third-order valence-corrected chi connectivity index (χ3v) is 7.38. The molecular weight excluding hydrogens is 384 g/mol. The number of hydrogen-bond acceptors (Lipinski definition) is 4. The summed E-state index contributed by atoms with van der Waals surface area (Å²) in [6, 6.07) is 15.7. The Morgan fingerprint density at radius 2 is 2.00 bits per heavy atom. The third-order valence-electron chi connectivity index (χ3n) is 7.38. The molecule has 0 spiro atoms. The summed E-state index contributed by atoms with van der Waals surface area (Å²) in [5, 5.41) is 16.9. The molecule has 0 amide bonds. The van der Waals surface area contributed by atoms with Crippen molar-refractivity contribution in [1.82, 2.24) is 14.9 Å². The highest BCUT2D eigenvalue weighted by Gasteiger charge is 2.41. The van der Waals surface area contributed by atoms with E-state index in [4.69, 9.17) is 4.98 Å². The van der Waals surface area contributed by atoms with Crippen molar-refractivity contribution in [2.75, 3.05) is 25.5 Å². The smallest absolute Gasteiger partial charge is 0.114 e. The van der Waals surface area contributed by atoms with Gasteiger partial charge in [0.2, 0.25) is 0 Å². The summed E-state index contributed by atoms with van der Waals surface area (Å²) >= 11 is 0. The molecule has 1 aromatic heterocycles. The van der Waals surface area contributed by atoms with Gasteiger partial charge in [-0.05, 0) is 68.7 Å². The van der Waals surface area contributed by atoms with Crippen LogP contribution in [0.3, 0.4) is 0 Å². The van der Waals surface area contributed by atoms with Crippen molar-refractivity contribution in [3.8, 4) is 0 Å². The van der Waals surface area contributed by atoms with Crippen molar-refractivity contribution in [2.45, 2.75) is 51.2 Å². The molecule has 5 heteroatoms. The lowest BCUT2D eigenvalue weighted by molar-refractivity contribution is 0.185. The summed E-state index contributed by atoms with van der Waals surface area (Å²) in [6.45, 7) is 4.14. The average molecular weight is 419 g/mol. The van der Waals surface area contributed by atoms with Gasteiger partial charge in [-0.15, -0.1) is 0 Å². The second-order valence-electron chi connectivity index (χ2n) is 9.38. The van der Waals surface area contributed by atoms with Gasteiger partial charge in [-0.25, -0.2) is 4.98 Å². The first-order valence-electron chi connectivity index (χ1n) is 11.8. The van der Waals surface area contributed by atoms with Gasteiger partial charge in [-0.2, -0.15) is 0 Å². The van der Waals surface area contributed by atoms with E-state index in [9.17, 15) is 5.11 Å². The van der Waals surface area contributed by atoms with Crippen LogP contribution in [-0.2, 0) is 12.8 Å². The largest absolute Gasteiger partial charge is 0.393 e. The highest BCUT2D eigenvalue weighted by molar-refractivity contribution is 5.85. The molecule has 4 unspecified atom stereocenters. The Balaban J connectivity index is 1.64. The predicted octanol–water partition coefficient (Wildman–Crippen LogP) is 4.15. The Labute approximate surface area is 184 Å². The van der Waals surface area contributed by atoms with E-state index in [2.05, 4.69) is 57.7 Å². The lowest BCUT2D eigenvalue weighted by Crippen LogP contribution is -2.21. The Hall–Kier alpha value is -2.37. The number of benzene rings is 2. The maximum absolute atomic E-state index is 9.93. The number of fused-ring (bicyclic) bond motifs is 2. The molecule has 1 saturated carbocycles. The normalized spacial score (nSPS) is 23.9. The van der Waals surface area contributed by atoms with Crippen LogP contribution in [0.1, 0.15) is 49.2 Å².